The summed E-state index contributed by atoms with van der Waals surface area (Å²) in [5, 5.41) is 2.73. The van der Waals surface area contributed by atoms with Crippen molar-refractivity contribution in [3.05, 3.63) is 42.0 Å². The lowest BCUT2D eigenvalue weighted by atomic mass is 9.54. The predicted octanol–water partition coefficient (Wildman–Crippen LogP) is 5.62. The first kappa shape index (κ1) is 13.2. The average Bonchev–Trinajstić information content (AvgIpc) is 2.59. The zero-order chi connectivity index (χ0) is 15.0. The molecule has 118 valence electrons. The third-order valence-electron chi connectivity index (χ3n) is 6.99. The highest BCUT2D eigenvalue weighted by Crippen LogP contribution is 2.65. The molecule has 0 unspecified atom stereocenters. The first-order chi connectivity index (χ1) is 11.3. The highest BCUT2D eigenvalue weighted by molar-refractivity contribution is 7.99. The number of benzene rings is 2. The molecule has 0 amide bonds. The van der Waals surface area contributed by atoms with E-state index in [4.69, 9.17) is 4.74 Å². The molecule has 0 aromatic heterocycles. The van der Waals surface area contributed by atoms with Gasteiger partial charge in [-0.15, -0.1) is 11.8 Å². The molecule has 23 heavy (non-hydrogen) atoms. The number of thioether (sulfide) groups is 1. The molecule has 5 aliphatic rings. The summed E-state index contributed by atoms with van der Waals surface area (Å²) in [6.45, 7) is 0. The summed E-state index contributed by atoms with van der Waals surface area (Å²) in [7, 11) is 0. The van der Waals surface area contributed by atoms with Crippen LogP contribution < -0.4 is 4.74 Å². The van der Waals surface area contributed by atoms with Gasteiger partial charge < -0.3 is 4.74 Å². The zero-order valence-corrected chi connectivity index (χ0v) is 14.1. The molecule has 4 saturated carbocycles. The topological polar surface area (TPSA) is 9.23 Å². The summed E-state index contributed by atoms with van der Waals surface area (Å²) in [6.07, 6.45) is 7.19. The van der Waals surface area contributed by atoms with Crippen LogP contribution in [-0.4, -0.2) is 4.93 Å². The fourth-order valence-electron chi connectivity index (χ4n) is 6.19. The van der Waals surface area contributed by atoms with Gasteiger partial charge in [-0.05, 0) is 60.8 Å². The molecule has 0 saturated heterocycles. The third kappa shape index (κ3) is 1.71. The van der Waals surface area contributed by atoms with E-state index in [9.17, 15) is 0 Å². The Morgan fingerprint density at radius 1 is 0.870 bits per heavy atom. The molecule has 0 radical (unpaired) electrons. The summed E-state index contributed by atoms with van der Waals surface area (Å²) in [6, 6.07) is 13.2. The van der Waals surface area contributed by atoms with E-state index < -0.39 is 0 Å². The van der Waals surface area contributed by atoms with Crippen LogP contribution in [0, 0.1) is 23.7 Å². The number of rotatable bonds is 0. The molecular formula is C21H22OS. The smallest absolute Gasteiger partial charge is 0.160 e. The molecule has 1 heterocycles. The highest BCUT2D eigenvalue weighted by Gasteiger charge is 2.60. The monoisotopic (exact) mass is 322 g/mol. The van der Waals surface area contributed by atoms with E-state index in [1.54, 1.807) is 0 Å². The predicted molar refractivity (Wildman–Crippen MR) is 95.6 cm³/mol. The van der Waals surface area contributed by atoms with Crippen LogP contribution in [0.15, 0.2) is 36.4 Å². The van der Waals surface area contributed by atoms with Gasteiger partial charge >= 0.3 is 0 Å². The quantitative estimate of drug-likeness (QED) is 0.623. The average molecular weight is 322 g/mol. The van der Waals surface area contributed by atoms with E-state index in [1.807, 2.05) is 0 Å². The first-order valence-corrected chi connectivity index (χ1v) is 10.1. The van der Waals surface area contributed by atoms with Gasteiger partial charge in [0.1, 0.15) is 5.75 Å². The molecule has 4 bridgehead atoms. The third-order valence-corrected chi connectivity index (χ3v) is 8.62. The van der Waals surface area contributed by atoms with Crippen molar-refractivity contribution < 1.29 is 4.74 Å². The standard InChI is InChI=1S/C21H22OS/c1-2-4-18-15(3-1)5-6-20-19(18)12-23-21(22-20)16-8-13-7-14(10-16)11-17(21)9-13/h1-6,13-14,16-17H,7-12H2. The minimum Gasteiger partial charge on any atom is -0.476 e. The Kier molecular flexibility index (Phi) is 2.56. The van der Waals surface area contributed by atoms with E-state index in [0.717, 1.165) is 29.4 Å². The van der Waals surface area contributed by atoms with Crippen molar-refractivity contribution in [2.24, 2.45) is 23.7 Å². The summed E-state index contributed by atoms with van der Waals surface area (Å²) in [4.78, 5) is 0.100. The molecule has 4 aliphatic carbocycles. The lowest BCUT2D eigenvalue weighted by Gasteiger charge is -2.61. The van der Waals surface area contributed by atoms with Gasteiger partial charge in [-0.25, -0.2) is 0 Å². The molecule has 1 spiro atoms. The molecule has 2 aromatic rings. The Bertz CT molecular complexity index is 768. The molecule has 0 N–H and O–H groups in total. The van der Waals surface area contributed by atoms with Gasteiger partial charge in [0.05, 0.1) is 0 Å². The van der Waals surface area contributed by atoms with Gasteiger partial charge in [0.25, 0.3) is 0 Å². The molecule has 4 fully saturated rings. The van der Waals surface area contributed by atoms with Crippen LogP contribution in [0.4, 0.5) is 0 Å². The van der Waals surface area contributed by atoms with E-state index in [-0.39, 0.29) is 4.93 Å². The maximum absolute atomic E-state index is 6.87. The largest absolute Gasteiger partial charge is 0.476 e. The highest BCUT2D eigenvalue weighted by atomic mass is 32.2. The Morgan fingerprint density at radius 3 is 2.39 bits per heavy atom. The minimum absolute atomic E-state index is 0.100. The van der Waals surface area contributed by atoms with Crippen molar-refractivity contribution >= 4 is 22.5 Å². The van der Waals surface area contributed by atoms with Crippen LogP contribution >= 0.6 is 11.8 Å². The molecule has 1 aliphatic heterocycles. The van der Waals surface area contributed by atoms with Gasteiger partial charge in [0.15, 0.2) is 4.93 Å². The van der Waals surface area contributed by atoms with Crippen molar-refractivity contribution in [3.63, 3.8) is 0 Å². The summed E-state index contributed by atoms with van der Waals surface area (Å²) in [5.74, 6) is 5.90. The number of hydrogen-bond donors (Lipinski definition) is 0. The Hall–Kier alpha value is -1.15. The Balaban J connectivity index is 1.45. The molecule has 2 heteroatoms. The lowest BCUT2D eigenvalue weighted by molar-refractivity contribution is -0.102. The zero-order valence-electron chi connectivity index (χ0n) is 13.3. The summed E-state index contributed by atoms with van der Waals surface area (Å²) < 4.78 is 6.87. The first-order valence-electron chi connectivity index (χ1n) is 9.15. The Morgan fingerprint density at radius 2 is 1.61 bits per heavy atom. The van der Waals surface area contributed by atoms with E-state index in [2.05, 4.69) is 48.2 Å². The Labute approximate surface area is 141 Å². The molecule has 2 aromatic carbocycles. The molecule has 7 rings (SSSR count). The van der Waals surface area contributed by atoms with Gasteiger partial charge in [-0.1, -0.05) is 30.3 Å². The van der Waals surface area contributed by atoms with Crippen LogP contribution in [-0.2, 0) is 5.75 Å². The second-order valence-corrected chi connectivity index (χ2v) is 9.40. The summed E-state index contributed by atoms with van der Waals surface area (Å²) >= 11 is 2.14. The molecular weight excluding hydrogens is 300 g/mol. The van der Waals surface area contributed by atoms with Gasteiger partial charge in [0, 0.05) is 23.2 Å². The van der Waals surface area contributed by atoms with Gasteiger partial charge in [-0.2, -0.15) is 0 Å². The SMILES string of the molecule is c1ccc2c3c(ccc2c1)OC1(SC3)C2CC3CC(C2)CC1C3. The fraction of sp³-hybridized carbons (Fsp3) is 0.524. The summed E-state index contributed by atoms with van der Waals surface area (Å²) in [5.41, 5.74) is 1.42. The molecule has 0 atom stereocenters. The number of ether oxygens (including phenoxy) is 1. The van der Waals surface area contributed by atoms with Crippen LogP contribution in [0.5, 0.6) is 5.75 Å². The number of hydrogen-bond acceptors (Lipinski definition) is 2. The van der Waals surface area contributed by atoms with E-state index in [1.165, 1.54) is 54.2 Å². The van der Waals surface area contributed by atoms with E-state index in [0.29, 0.717) is 0 Å². The van der Waals surface area contributed by atoms with Crippen molar-refractivity contribution in [2.75, 3.05) is 0 Å². The maximum Gasteiger partial charge on any atom is 0.160 e. The number of fused-ring (bicyclic) bond motifs is 3. The van der Waals surface area contributed by atoms with Gasteiger partial charge in [-0.3, -0.25) is 0 Å². The van der Waals surface area contributed by atoms with Crippen LogP contribution in [0.3, 0.4) is 0 Å². The second-order valence-electron chi connectivity index (χ2n) is 8.18. The van der Waals surface area contributed by atoms with Crippen molar-refractivity contribution in [1.82, 2.24) is 0 Å². The normalized spacial score (nSPS) is 40.3. The van der Waals surface area contributed by atoms with Crippen molar-refractivity contribution in [2.45, 2.75) is 42.8 Å². The van der Waals surface area contributed by atoms with Crippen molar-refractivity contribution in [1.29, 1.82) is 0 Å². The second kappa shape index (κ2) is 4.47. The van der Waals surface area contributed by atoms with E-state index >= 15 is 0 Å². The van der Waals surface area contributed by atoms with Crippen LogP contribution in [0.2, 0.25) is 0 Å². The minimum atomic E-state index is 0.100. The van der Waals surface area contributed by atoms with Gasteiger partial charge in [0.2, 0.25) is 0 Å². The van der Waals surface area contributed by atoms with Crippen LogP contribution in [0.25, 0.3) is 10.8 Å². The lowest BCUT2D eigenvalue weighted by Crippen LogP contribution is -2.59. The fourth-order valence-corrected chi connectivity index (χ4v) is 7.86. The van der Waals surface area contributed by atoms with Crippen molar-refractivity contribution in [3.8, 4) is 5.75 Å². The molecule has 1 nitrogen and oxygen atoms in total. The maximum atomic E-state index is 6.87. The van der Waals surface area contributed by atoms with Crippen LogP contribution in [0.1, 0.15) is 37.7 Å².